The second kappa shape index (κ2) is 6.49. The van der Waals surface area contributed by atoms with Crippen molar-refractivity contribution in [2.75, 3.05) is 44.1 Å². The van der Waals surface area contributed by atoms with E-state index in [1.54, 1.807) is 6.20 Å². The highest BCUT2D eigenvalue weighted by atomic mass is 79.9. The summed E-state index contributed by atoms with van der Waals surface area (Å²) in [5.41, 5.74) is 2.48. The van der Waals surface area contributed by atoms with E-state index in [0.29, 0.717) is 5.95 Å². The number of nitrogen functional groups attached to an aromatic ring is 1. The Morgan fingerprint density at radius 3 is 2.84 bits per heavy atom. The highest BCUT2D eigenvalue weighted by Crippen LogP contribution is 2.25. The third kappa shape index (κ3) is 3.77. The molecule has 0 amide bonds. The van der Waals surface area contributed by atoms with Crippen LogP contribution in [0.2, 0.25) is 0 Å². The number of halogens is 1. The SMILES string of the molecule is CN1CCC(CN(C)c2nc(NN)ncc2Br)CC1. The Bertz CT molecular complexity index is 419. The van der Waals surface area contributed by atoms with E-state index >= 15 is 0 Å². The van der Waals surface area contributed by atoms with Gasteiger partial charge in [0.05, 0.1) is 4.47 Å². The van der Waals surface area contributed by atoms with Crippen molar-refractivity contribution in [3.8, 4) is 0 Å². The quantitative estimate of drug-likeness (QED) is 0.641. The minimum Gasteiger partial charge on any atom is -0.358 e. The van der Waals surface area contributed by atoms with Crippen LogP contribution in [0, 0.1) is 5.92 Å². The van der Waals surface area contributed by atoms with Crippen LogP contribution in [-0.2, 0) is 0 Å². The molecule has 3 N–H and O–H groups in total. The fourth-order valence-corrected chi connectivity index (χ4v) is 2.91. The van der Waals surface area contributed by atoms with E-state index in [4.69, 9.17) is 5.84 Å². The standard InChI is InChI=1S/C12H21BrN6/c1-18-5-3-9(4-6-18)8-19(2)11-10(13)7-15-12(16-11)17-14/h7,9H,3-6,8,14H2,1-2H3,(H,15,16,17). The number of nitrogens with two attached hydrogens (primary N) is 1. The van der Waals surface area contributed by atoms with Crippen LogP contribution in [0.25, 0.3) is 0 Å². The number of hydrogen-bond acceptors (Lipinski definition) is 6. The molecular formula is C12H21BrN6. The van der Waals surface area contributed by atoms with Crippen molar-refractivity contribution in [3.63, 3.8) is 0 Å². The average Bonchev–Trinajstić information content (AvgIpc) is 2.42. The van der Waals surface area contributed by atoms with E-state index in [-0.39, 0.29) is 0 Å². The summed E-state index contributed by atoms with van der Waals surface area (Å²) in [5, 5.41) is 0. The summed E-state index contributed by atoms with van der Waals surface area (Å²) < 4.78 is 0.891. The molecule has 106 valence electrons. The molecule has 0 aliphatic carbocycles. The van der Waals surface area contributed by atoms with Gasteiger partial charge in [0.2, 0.25) is 5.95 Å². The third-order valence-electron chi connectivity index (χ3n) is 3.59. The van der Waals surface area contributed by atoms with Crippen LogP contribution in [-0.4, -0.2) is 48.6 Å². The van der Waals surface area contributed by atoms with Gasteiger partial charge in [0.15, 0.2) is 0 Å². The Morgan fingerprint density at radius 1 is 1.53 bits per heavy atom. The van der Waals surface area contributed by atoms with Crippen molar-refractivity contribution in [1.82, 2.24) is 14.9 Å². The van der Waals surface area contributed by atoms with Crippen molar-refractivity contribution in [2.45, 2.75) is 12.8 Å². The van der Waals surface area contributed by atoms with Crippen LogP contribution in [0.15, 0.2) is 10.7 Å². The fraction of sp³-hybridized carbons (Fsp3) is 0.667. The van der Waals surface area contributed by atoms with Crippen LogP contribution in [0.5, 0.6) is 0 Å². The summed E-state index contributed by atoms with van der Waals surface area (Å²) in [6, 6.07) is 0. The van der Waals surface area contributed by atoms with Gasteiger partial charge in [0, 0.05) is 19.8 Å². The third-order valence-corrected chi connectivity index (χ3v) is 4.15. The molecule has 0 radical (unpaired) electrons. The van der Waals surface area contributed by atoms with Crippen LogP contribution in [0.4, 0.5) is 11.8 Å². The summed E-state index contributed by atoms with van der Waals surface area (Å²) in [5.74, 6) is 7.39. The Labute approximate surface area is 122 Å². The topological polar surface area (TPSA) is 70.3 Å². The summed E-state index contributed by atoms with van der Waals surface area (Å²) in [6.45, 7) is 3.37. The molecule has 1 aliphatic rings. The zero-order valence-corrected chi connectivity index (χ0v) is 13.0. The second-order valence-electron chi connectivity index (χ2n) is 5.14. The molecule has 0 saturated carbocycles. The molecule has 0 bridgehead atoms. The molecule has 19 heavy (non-hydrogen) atoms. The molecule has 1 aromatic rings. The molecule has 1 aliphatic heterocycles. The molecule has 7 heteroatoms. The minimum absolute atomic E-state index is 0.438. The molecule has 0 atom stereocenters. The van der Waals surface area contributed by atoms with Gasteiger partial charge in [0.1, 0.15) is 5.82 Å². The summed E-state index contributed by atoms with van der Waals surface area (Å²) in [7, 11) is 4.24. The van der Waals surface area contributed by atoms with E-state index in [2.05, 4.69) is 55.2 Å². The molecule has 0 spiro atoms. The lowest BCUT2D eigenvalue weighted by atomic mass is 9.97. The highest BCUT2D eigenvalue weighted by molar-refractivity contribution is 9.10. The summed E-state index contributed by atoms with van der Waals surface area (Å²) >= 11 is 3.49. The van der Waals surface area contributed by atoms with Gasteiger partial charge in [-0.3, -0.25) is 5.43 Å². The first-order valence-corrected chi connectivity index (χ1v) is 7.28. The maximum Gasteiger partial charge on any atom is 0.239 e. The summed E-state index contributed by atoms with van der Waals surface area (Å²) in [6.07, 6.45) is 4.21. The van der Waals surface area contributed by atoms with Crippen LogP contribution < -0.4 is 16.2 Å². The Morgan fingerprint density at radius 2 is 2.21 bits per heavy atom. The van der Waals surface area contributed by atoms with Crippen LogP contribution >= 0.6 is 15.9 Å². The smallest absolute Gasteiger partial charge is 0.239 e. The molecule has 0 unspecified atom stereocenters. The van der Waals surface area contributed by atoms with Gasteiger partial charge >= 0.3 is 0 Å². The Balaban J connectivity index is 2.01. The predicted molar refractivity (Wildman–Crippen MR) is 81.0 cm³/mol. The molecular weight excluding hydrogens is 308 g/mol. The molecule has 2 heterocycles. The van der Waals surface area contributed by atoms with Gasteiger partial charge in [0.25, 0.3) is 0 Å². The number of piperidine rings is 1. The Kier molecular flexibility index (Phi) is 4.95. The maximum absolute atomic E-state index is 5.35. The lowest BCUT2D eigenvalue weighted by molar-refractivity contribution is 0.222. The largest absolute Gasteiger partial charge is 0.358 e. The fourth-order valence-electron chi connectivity index (χ4n) is 2.41. The van der Waals surface area contributed by atoms with E-state index in [1.807, 2.05) is 0 Å². The van der Waals surface area contributed by atoms with Crippen molar-refractivity contribution in [1.29, 1.82) is 0 Å². The highest BCUT2D eigenvalue weighted by Gasteiger charge is 2.20. The number of hydrazine groups is 1. The van der Waals surface area contributed by atoms with Crippen molar-refractivity contribution in [3.05, 3.63) is 10.7 Å². The number of anilines is 2. The van der Waals surface area contributed by atoms with Crippen molar-refractivity contribution in [2.24, 2.45) is 11.8 Å². The molecule has 0 aromatic carbocycles. The van der Waals surface area contributed by atoms with Gasteiger partial charge in [-0.15, -0.1) is 0 Å². The van der Waals surface area contributed by atoms with Crippen LogP contribution in [0.3, 0.4) is 0 Å². The first-order chi connectivity index (χ1) is 9.10. The summed E-state index contributed by atoms with van der Waals surface area (Å²) in [4.78, 5) is 13.0. The molecule has 1 aromatic heterocycles. The first kappa shape index (κ1) is 14.5. The maximum atomic E-state index is 5.35. The number of nitrogens with zero attached hydrogens (tertiary/aromatic N) is 4. The van der Waals surface area contributed by atoms with Crippen molar-refractivity contribution >= 4 is 27.7 Å². The number of hydrogen-bond donors (Lipinski definition) is 2. The molecule has 1 fully saturated rings. The number of aromatic nitrogens is 2. The van der Waals surface area contributed by atoms with Gasteiger partial charge in [-0.25, -0.2) is 10.8 Å². The zero-order valence-electron chi connectivity index (χ0n) is 11.4. The van der Waals surface area contributed by atoms with Gasteiger partial charge < -0.3 is 9.80 Å². The molecule has 6 nitrogen and oxygen atoms in total. The predicted octanol–water partition coefficient (Wildman–Crippen LogP) is 1.30. The van der Waals surface area contributed by atoms with Gasteiger partial charge in [-0.05, 0) is 54.8 Å². The second-order valence-corrected chi connectivity index (χ2v) is 5.99. The molecule has 2 rings (SSSR count). The lowest BCUT2D eigenvalue weighted by Gasteiger charge is -2.32. The Hall–Kier alpha value is -0.920. The average molecular weight is 329 g/mol. The monoisotopic (exact) mass is 328 g/mol. The lowest BCUT2D eigenvalue weighted by Crippen LogP contribution is -2.36. The van der Waals surface area contributed by atoms with E-state index in [1.165, 1.54) is 25.9 Å². The van der Waals surface area contributed by atoms with Gasteiger partial charge in [-0.1, -0.05) is 0 Å². The first-order valence-electron chi connectivity index (χ1n) is 6.49. The number of nitrogens with one attached hydrogen (secondary N) is 1. The van der Waals surface area contributed by atoms with E-state index < -0.39 is 0 Å². The van der Waals surface area contributed by atoms with Crippen LogP contribution in [0.1, 0.15) is 12.8 Å². The van der Waals surface area contributed by atoms with Crippen molar-refractivity contribution < 1.29 is 0 Å². The zero-order chi connectivity index (χ0) is 13.8. The molecule has 1 saturated heterocycles. The normalized spacial score (nSPS) is 17.5. The number of rotatable bonds is 4. The number of likely N-dealkylation sites (tertiary alicyclic amines) is 1. The van der Waals surface area contributed by atoms with Gasteiger partial charge in [-0.2, -0.15) is 4.98 Å². The van der Waals surface area contributed by atoms with E-state index in [9.17, 15) is 0 Å². The van der Waals surface area contributed by atoms with E-state index in [0.717, 1.165) is 22.8 Å². The minimum atomic E-state index is 0.438.